The van der Waals surface area contributed by atoms with E-state index in [1.807, 2.05) is 0 Å². The average molecular weight is 279 g/mol. The molecule has 1 heterocycles. The average Bonchev–Trinajstić information content (AvgIpc) is 2.61. The van der Waals surface area contributed by atoms with E-state index in [1.54, 1.807) is 26.0 Å². The maximum absolute atomic E-state index is 12.7. The van der Waals surface area contributed by atoms with Gasteiger partial charge in [0.05, 0.1) is 6.08 Å². The van der Waals surface area contributed by atoms with Crippen molar-refractivity contribution in [3.63, 3.8) is 0 Å². The van der Waals surface area contributed by atoms with Crippen LogP contribution in [-0.4, -0.2) is 17.7 Å². The van der Waals surface area contributed by atoms with Crippen LogP contribution in [-0.2, 0) is 25.6 Å². The molecule has 0 aliphatic carbocycles. The van der Waals surface area contributed by atoms with Crippen molar-refractivity contribution in [2.45, 2.75) is 26.2 Å². The molecular formula is C14H14FNO4. The van der Waals surface area contributed by atoms with Gasteiger partial charge in [-0.15, -0.1) is 0 Å². The van der Waals surface area contributed by atoms with Gasteiger partial charge in [-0.3, -0.25) is 4.79 Å². The van der Waals surface area contributed by atoms with E-state index in [4.69, 9.17) is 9.47 Å². The lowest BCUT2D eigenvalue weighted by atomic mass is 10.2. The Morgan fingerprint density at radius 2 is 1.95 bits per heavy atom. The summed E-state index contributed by atoms with van der Waals surface area (Å²) in [6.45, 7) is 3.37. The molecule has 0 atom stereocenters. The van der Waals surface area contributed by atoms with Gasteiger partial charge in [-0.2, -0.15) is 0 Å². The number of amides is 1. The monoisotopic (exact) mass is 279 g/mol. The minimum absolute atomic E-state index is 0.133. The fourth-order valence-electron chi connectivity index (χ4n) is 1.65. The van der Waals surface area contributed by atoms with Gasteiger partial charge in [0, 0.05) is 20.4 Å². The van der Waals surface area contributed by atoms with Gasteiger partial charge in [0.25, 0.3) is 0 Å². The van der Waals surface area contributed by atoms with Crippen molar-refractivity contribution in [2.24, 2.45) is 0 Å². The highest BCUT2D eigenvalue weighted by molar-refractivity contribution is 5.97. The maximum Gasteiger partial charge on any atom is 0.377 e. The summed E-state index contributed by atoms with van der Waals surface area (Å²) in [5.74, 6) is -2.69. The molecule has 0 radical (unpaired) electrons. The van der Waals surface area contributed by atoms with Crippen LogP contribution < -0.4 is 5.32 Å². The Morgan fingerprint density at radius 3 is 2.50 bits per heavy atom. The third-order valence-electron chi connectivity index (χ3n) is 2.54. The number of nitrogens with one attached hydrogen (secondary N) is 1. The van der Waals surface area contributed by atoms with Gasteiger partial charge in [-0.05, 0) is 17.7 Å². The zero-order chi connectivity index (χ0) is 14.8. The van der Waals surface area contributed by atoms with E-state index in [9.17, 15) is 14.0 Å². The quantitative estimate of drug-likeness (QED) is 0.674. The first-order valence-corrected chi connectivity index (χ1v) is 6.02. The van der Waals surface area contributed by atoms with Crippen molar-refractivity contribution >= 4 is 11.9 Å². The van der Waals surface area contributed by atoms with Crippen molar-refractivity contribution < 1.29 is 23.5 Å². The molecule has 0 unspecified atom stereocenters. The zero-order valence-corrected chi connectivity index (χ0v) is 11.1. The van der Waals surface area contributed by atoms with Crippen LogP contribution in [0.5, 0.6) is 0 Å². The summed E-state index contributed by atoms with van der Waals surface area (Å²) in [6.07, 6.45) is 1.04. The Hall–Kier alpha value is -2.37. The molecule has 5 nitrogen and oxygen atoms in total. The molecular weight excluding hydrogens is 265 g/mol. The number of ether oxygens (including phenoxy) is 2. The van der Waals surface area contributed by atoms with Gasteiger partial charge >= 0.3 is 5.97 Å². The Labute approximate surface area is 115 Å². The zero-order valence-electron chi connectivity index (χ0n) is 11.1. The summed E-state index contributed by atoms with van der Waals surface area (Å²) >= 11 is 0. The molecule has 20 heavy (non-hydrogen) atoms. The minimum atomic E-state index is -1.06. The second-order valence-corrected chi connectivity index (χ2v) is 4.74. The van der Waals surface area contributed by atoms with Crippen LogP contribution in [0.2, 0.25) is 0 Å². The van der Waals surface area contributed by atoms with Crippen LogP contribution in [0, 0.1) is 5.82 Å². The van der Waals surface area contributed by atoms with E-state index in [0.717, 1.165) is 11.6 Å². The molecule has 6 heteroatoms. The van der Waals surface area contributed by atoms with E-state index < -0.39 is 17.7 Å². The molecule has 1 fully saturated rings. The molecule has 1 aromatic carbocycles. The van der Waals surface area contributed by atoms with Gasteiger partial charge in [-0.25, -0.2) is 9.18 Å². The number of benzene rings is 1. The summed E-state index contributed by atoms with van der Waals surface area (Å²) in [5.41, 5.74) is 0.744. The van der Waals surface area contributed by atoms with Crippen LogP contribution in [0.4, 0.5) is 4.39 Å². The van der Waals surface area contributed by atoms with Gasteiger partial charge in [0.15, 0.2) is 0 Å². The predicted octanol–water partition coefficient (Wildman–Crippen LogP) is 1.64. The molecule has 0 bridgehead atoms. The minimum Gasteiger partial charge on any atom is -0.445 e. The molecule has 1 aliphatic heterocycles. The topological polar surface area (TPSA) is 64.6 Å². The standard InChI is InChI=1S/C14H14FNO4/c1-14(2)19-11(13(18)20-14)7-12(17)16-8-9-3-5-10(15)6-4-9/h3-7H,8H2,1-2H3,(H,16,17)/b11-7-. The first-order valence-electron chi connectivity index (χ1n) is 6.02. The van der Waals surface area contributed by atoms with Gasteiger partial charge in [-0.1, -0.05) is 12.1 Å². The fraction of sp³-hybridized carbons (Fsp3) is 0.286. The summed E-state index contributed by atoms with van der Waals surface area (Å²) in [6, 6.07) is 5.73. The first kappa shape index (κ1) is 14.0. The normalized spacial score (nSPS) is 18.6. The Morgan fingerprint density at radius 1 is 1.30 bits per heavy atom. The van der Waals surface area contributed by atoms with Gasteiger partial charge in [0.2, 0.25) is 17.5 Å². The highest BCUT2D eigenvalue weighted by Crippen LogP contribution is 2.25. The third-order valence-corrected chi connectivity index (χ3v) is 2.54. The number of hydrogen-bond donors (Lipinski definition) is 1. The van der Waals surface area contributed by atoms with Crippen LogP contribution in [0.1, 0.15) is 19.4 Å². The van der Waals surface area contributed by atoms with E-state index >= 15 is 0 Å². The summed E-state index contributed by atoms with van der Waals surface area (Å²) in [7, 11) is 0. The highest BCUT2D eigenvalue weighted by atomic mass is 19.1. The molecule has 1 aliphatic rings. The van der Waals surface area contributed by atoms with Crippen molar-refractivity contribution in [3.8, 4) is 0 Å². The molecule has 2 rings (SSSR count). The van der Waals surface area contributed by atoms with E-state index in [2.05, 4.69) is 5.32 Å². The maximum atomic E-state index is 12.7. The van der Waals surface area contributed by atoms with Gasteiger partial charge in [0.1, 0.15) is 5.82 Å². The van der Waals surface area contributed by atoms with Crippen LogP contribution in [0.3, 0.4) is 0 Å². The van der Waals surface area contributed by atoms with E-state index in [-0.39, 0.29) is 18.1 Å². The van der Waals surface area contributed by atoms with Crippen molar-refractivity contribution in [1.29, 1.82) is 0 Å². The third kappa shape index (κ3) is 3.57. The summed E-state index contributed by atoms with van der Waals surface area (Å²) in [5, 5.41) is 2.57. The highest BCUT2D eigenvalue weighted by Gasteiger charge is 2.37. The summed E-state index contributed by atoms with van der Waals surface area (Å²) in [4.78, 5) is 23.0. The molecule has 106 valence electrons. The smallest absolute Gasteiger partial charge is 0.377 e. The number of carbonyl (C=O) groups excluding carboxylic acids is 2. The molecule has 1 saturated heterocycles. The Bertz CT molecular complexity index is 563. The number of cyclic esters (lactones) is 1. The molecule has 1 aromatic rings. The van der Waals surface area contributed by atoms with Crippen LogP contribution >= 0.6 is 0 Å². The second-order valence-electron chi connectivity index (χ2n) is 4.74. The number of rotatable bonds is 3. The van der Waals surface area contributed by atoms with Crippen molar-refractivity contribution in [2.75, 3.05) is 0 Å². The van der Waals surface area contributed by atoms with Crippen molar-refractivity contribution in [1.82, 2.24) is 5.32 Å². The Balaban J connectivity index is 1.93. The summed E-state index contributed by atoms with van der Waals surface area (Å²) < 4.78 is 22.8. The number of hydrogen-bond acceptors (Lipinski definition) is 4. The SMILES string of the molecule is CC1(C)OC(=O)/C(=C/C(=O)NCc2ccc(F)cc2)O1. The molecule has 0 spiro atoms. The number of esters is 1. The lowest BCUT2D eigenvalue weighted by Crippen LogP contribution is -2.21. The molecule has 1 amide bonds. The number of carbonyl (C=O) groups is 2. The molecule has 1 N–H and O–H groups in total. The fourth-order valence-corrected chi connectivity index (χ4v) is 1.65. The lowest BCUT2D eigenvalue weighted by molar-refractivity contribution is -0.159. The van der Waals surface area contributed by atoms with E-state index in [1.165, 1.54) is 12.1 Å². The Kier molecular flexibility index (Phi) is 3.74. The van der Waals surface area contributed by atoms with Crippen molar-refractivity contribution in [3.05, 3.63) is 47.5 Å². The number of halogens is 1. The van der Waals surface area contributed by atoms with E-state index in [0.29, 0.717) is 0 Å². The molecule has 0 saturated carbocycles. The lowest BCUT2D eigenvalue weighted by Gasteiger charge is -2.13. The van der Waals surface area contributed by atoms with Gasteiger partial charge < -0.3 is 14.8 Å². The largest absolute Gasteiger partial charge is 0.445 e. The second kappa shape index (κ2) is 5.32. The predicted molar refractivity (Wildman–Crippen MR) is 67.6 cm³/mol. The first-order chi connectivity index (χ1) is 9.35. The molecule has 0 aromatic heterocycles. The van der Waals surface area contributed by atoms with Crippen LogP contribution in [0.15, 0.2) is 36.1 Å². The van der Waals surface area contributed by atoms with Crippen LogP contribution in [0.25, 0.3) is 0 Å².